The molecular formula is C15H15NO. The molecule has 0 fully saturated rings. The minimum atomic E-state index is 0.617. The first-order chi connectivity index (χ1) is 8.38. The highest BCUT2D eigenvalue weighted by Crippen LogP contribution is 2.08. The van der Waals surface area contributed by atoms with Crippen LogP contribution < -0.4 is 0 Å². The van der Waals surface area contributed by atoms with Crippen molar-refractivity contribution >= 4 is 6.08 Å². The van der Waals surface area contributed by atoms with Crippen LogP contribution in [-0.2, 0) is 18.0 Å². The lowest BCUT2D eigenvalue weighted by molar-refractivity contribution is 0.107. The summed E-state index contributed by atoms with van der Waals surface area (Å²) in [6.45, 7) is 4.97. The van der Waals surface area contributed by atoms with Gasteiger partial charge in [0.25, 0.3) is 0 Å². The molecule has 0 saturated carbocycles. The Morgan fingerprint density at radius 3 is 2.12 bits per heavy atom. The Hall–Kier alpha value is -1.93. The molecule has 1 aromatic heterocycles. The molecule has 2 rings (SSSR count). The van der Waals surface area contributed by atoms with E-state index < -0.39 is 0 Å². The van der Waals surface area contributed by atoms with Gasteiger partial charge in [-0.15, -0.1) is 0 Å². The molecule has 0 amide bonds. The number of pyridine rings is 1. The van der Waals surface area contributed by atoms with E-state index in [4.69, 9.17) is 4.74 Å². The summed E-state index contributed by atoms with van der Waals surface area (Å²) in [5.74, 6) is 0. The fraction of sp³-hybridized carbons (Fsp3) is 0.133. The maximum Gasteiger partial charge on any atom is 0.0722 e. The summed E-state index contributed by atoms with van der Waals surface area (Å²) >= 11 is 0. The Labute approximate surface area is 102 Å². The van der Waals surface area contributed by atoms with E-state index in [9.17, 15) is 0 Å². The molecule has 0 radical (unpaired) electrons. The molecule has 2 heteroatoms. The maximum atomic E-state index is 5.63. The monoisotopic (exact) mass is 225 g/mol. The van der Waals surface area contributed by atoms with Crippen molar-refractivity contribution in [2.24, 2.45) is 0 Å². The molecule has 0 unspecified atom stereocenters. The van der Waals surface area contributed by atoms with Crippen molar-refractivity contribution in [1.82, 2.24) is 4.98 Å². The number of ether oxygens (including phenoxy) is 1. The van der Waals surface area contributed by atoms with Crippen LogP contribution in [0.4, 0.5) is 0 Å². The lowest BCUT2D eigenvalue weighted by Gasteiger charge is -2.04. The first kappa shape index (κ1) is 11.6. The second kappa shape index (κ2) is 5.97. The van der Waals surface area contributed by atoms with Gasteiger partial charge in [0.2, 0.25) is 0 Å². The van der Waals surface area contributed by atoms with Gasteiger partial charge in [0.05, 0.1) is 13.2 Å². The predicted octanol–water partition coefficient (Wildman–Crippen LogP) is 3.44. The van der Waals surface area contributed by atoms with Crippen LogP contribution in [0.25, 0.3) is 6.08 Å². The molecule has 17 heavy (non-hydrogen) atoms. The third kappa shape index (κ3) is 3.54. The van der Waals surface area contributed by atoms with E-state index in [1.54, 1.807) is 12.4 Å². The third-order valence-electron chi connectivity index (χ3n) is 2.50. The Morgan fingerprint density at radius 1 is 0.941 bits per heavy atom. The van der Waals surface area contributed by atoms with Crippen LogP contribution in [-0.4, -0.2) is 4.98 Å². The SMILES string of the molecule is C=Cc1ccc(COCc2ccncc2)cc1. The maximum absolute atomic E-state index is 5.63. The van der Waals surface area contributed by atoms with E-state index in [1.807, 2.05) is 30.3 Å². The number of hydrogen-bond acceptors (Lipinski definition) is 2. The number of nitrogens with zero attached hydrogens (tertiary/aromatic N) is 1. The largest absolute Gasteiger partial charge is 0.372 e. The Balaban J connectivity index is 1.84. The van der Waals surface area contributed by atoms with Crippen molar-refractivity contribution < 1.29 is 4.74 Å². The zero-order valence-electron chi connectivity index (χ0n) is 9.67. The van der Waals surface area contributed by atoms with Crippen molar-refractivity contribution in [3.63, 3.8) is 0 Å². The smallest absolute Gasteiger partial charge is 0.0722 e. The highest BCUT2D eigenvalue weighted by atomic mass is 16.5. The van der Waals surface area contributed by atoms with E-state index >= 15 is 0 Å². The van der Waals surface area contributed by atoms with Crippen molar-refractivity contribution in [2.75, 3.05) is 0 Å². The van der Waals surface area contributed by atoms with Crippen LogP contribution in [0.2, 0.25) is 0 Å². The first-order valence-electron chi connectivity index (χ1n) is 5.56. The minimum absolute atomic E-state index is 0.617. The summed E-state index contributed by atoms with van der Waals surface area (Å²) in [5, 5.41) is 0. The van der Waals surface area contributed by atoms with Gasteiger partial charge in [0.15, 0.2) is 0 Å². The van der Waals surface area contributed by atoms with Gasteiger partial charge in [-0.1, -0.05) is 36.9 Å². The minimum Gasteiger partial charge on any atom is -0.372 e. The summed E-state index contributed by atoms with van der Waals surface area (Å²) < 4.78 is 5.63. The molecule has 1 aromatic carbocycles. The molecule has 0 atom stereocenters. The third-order valence-corrected chi connectivity index (χ3v) is 2.50. The van der Waals surface area contributed by atoms with Gasteiger partial charge in [-0.2, -0.15) is 0 Å². The van der Waals surface area contributed by atoms with Crippen molar-refractivity contribution in [2.45, 2.75) is 13.2 Å². The second-order valence-corrected chi connectivity index (χ2v) is 3.79. The van der Waals surface area contributed by atoms with Gasteiger partial charge >= 0.3 is 0 Å². The molecule has 86 valence electrons. The van der Waals surface area contributed by atoms with Crippen LogP contribution in [0.5, 0.6) is 0 Å². The number of hydrogen-bond donors (Lipinski definition) is 0. The molecule has 0 aliphatic heterocycles. The second-order valence-electron chi connectivity index (χ2n) is 3.79. The Kier molecular flexibility index (Phi) is 4.05. The number of rotatable bonds is 5. The van der Waals surface area contributed by atoms with Gasteiger partial charge in [0, 0.05) is 12.4 Å². The topological polar surface area (TPSA) is 22.1 Å². The van der Waals surface area contributed by atoms with Crippen molar-refractivity contribution in [3.05, 3.63) is 72.1 Å². The lowest BCUT2D eigenvalue weighted by Crippen LogP contribution is -1.94. The Morgan fingerprint density at radius 2 is 1.53 bits per heavy atom. The molecule has 0 aliphatic rings. The molecule has 2 nitrogen and oxygen atoms in total. The van der Waals surface area contributed by atoms with Gasteiger partial charge in [-0.3, -0.25) is 4.98 Å². The highest BCUT2D eigenvalue weighted by Gasteiger charge is 1.95. The van der Waals surface area contributed by atoms with E-state index in [2.05, 4.69) is 23.7 Å². The quantitative estimate of drug-likeness (QED) is 0.777. The zero-order valence-corrected chi connectivity index (χ0v) is 9.67. The molecular weight excluding hydrogens is 210 g/mol. The predicted molar refractivity (Wildman–Crippen MR) is 69.3 cm³/mol. The van der Waals surface area contributed by atoms with E-state index in [0.29, 0.717) is 13.2 Å². The van der Waals surface area contributed by atoms with Gasteiger partial charge in [-0.25, -0.2) is 0 Å². The molecule has 0 aliphatic carbocycles. The number of aromatic nitrogens is 1. The summed E-state index contributed by atoms with van der Waals surface area (Å²) in [6, 6.07) is 12.1. The molecule has 0 N–H and O–H groups in total. The van der Waals surface area contributed by atoms with Gasteiger partial charge in [0.1, 0.15) is 0 Å². The zero-order chi connectivity index (χ0) is 11.9. The molecule has 0 spiro atoms. The van der Waals surface area contributed by atoms with Crippen molar-refractivity contribution in [1.29, 1.82) is 0 Å². The number of benzene rings is 1. The van der Waals surface area contributed by atoms with Crippen LogP contribution >= 0.6 is 0 Å². The van der Waals surface area contributed by atoms with Crippen LogP contribution in [0.3, 0.4) is 0 Å². The summed E-state index contributed by atoms with van der Waals surface area (Å²) in [5.41, 5.74) is 3.44. The lowest BCUT2D eigenvalue weighted by atomic mass is 10.1. The Bertz CT molecular complexity index is 462. The molecule has 0 saturated heterocycles. The first-order valence-corrected chi connectivity index (χ1v) is 5.56. The fourth-order valence-electron chi connectivity index (χ4n) is 1.52. The normalized spacial score (nSPS) is 10.1. The summed E-state index contributed by atoms with van der Waals surface area (Å²) in [4.78, 5) is 3.97. The summed E-state index contributed by atoms with van der Waals surface area (Å²) in [7, 11) is 0. The molecule has 0 bridgehead atoms. The highest BCUT2D eigenvalue weighted by molar-refractivity contribution is 5.47. The van der Waals surface area contributed by atoms with Crippen LogP contribution in [0, 0.1) is 0 Å². The van der Waals surface area contributed by atoms with Gasteiger partial charge in [-0.05, 0) is 28.8 Å². The fourth-order valence-corrected chi connectivity index (χ4v) is 1.52. The average molecular weight is 225 g/mol. The van der Waals surface area contributed by atoms with E-state index in [1.165, 1.54) is 5.56 Å². The van der Waals surface area contributed by atoms with Crippen molar-refractivity contribution in [3.8, 4) is 0 Å². The van der Waals surface area contributed by atoms with E-state index in [-0.39, 0.29) is 0 Å². The average Bonchev–Trinajstić information content (AvgIpc) is 2.41. The van der Waals surface area contributed by atoms with Crippen LogP contribution in [0.1, 0.15) is 16.7 Å². The molecule has 2 aromatic rings. The van der Waals surface area contributed by atoms with Crippen LogP contribution in [0.15, 0.2) is 55.4 Å². The van der Waals surface area contributed by atoms with Gasteiger partial charge < -0.3 is 4.74 Å². The summed E-state index contributed by atoms with van der Waals surface area (Å²) in [6.07, 6.45) is 5.39. The molecule has 1 heterocycles. The van der Waals surface area contributed by atoms with E-state index in [0.717, 1.165) is 11.1 Å². The standard InChI is InChI=1S/C15H15NO/c1-2-13-3-5-14(6-4-13)11-17-12-15-7-9-16-10-8-15/h2-10H,1,11-12H2.